The molecule has 4 nitrogen and oxygen atoms in total. The van der Waals surface area contributed by atoms with Gasteiger partial charge >= 0.3 is 0 Å². The average Bonchev–Trinajstić information content (AvgIpc) is 2.67. The van der Waals surface area contributed by atoms with Gasteiger partial charge in [0.15, 0.2) is 0 Å². The van der Waals surface area contributed by atoms with Crippen molar-refractivity contribution in [1.29, 1.82) is 5.26 Å². The van der Waals surface area contributed by atoms with Crippen LogP contribution in [0, 0.1) is 18.3 Å². The van der Waals surface area contributed by atoms with Crippen molar-refractivity contribution in [3.63, 3.8) is 0 Å². The van der Waals surface area contributed by atoms with Crippen LogP contribution in [-0.4, -0.2) is 15.2 Å². The number of rotatable bonds is 2. The number of nitriles is 1. The number of H-pyrrole nitrogens is 1. The van der Waals surface area contributed by atoms with Crippen molar-refractivity contribution in [2.45, 2.75) is 17.0 Å². The van der Waals surface area contributed by atoms with E-state index in [0.717, 1.165) is 15.2 Å². The molecular formula is C10H7BrN4S. The molecule has 0 aliphatic carbocycles. The highest BCUT2D eigenvalue weighted by Crippen LogP contribution is 2.31. The maximum Gasteiger partial charge on any atom is 0.213 e. The maximum atomic E-state index is 8.74. The van der Waals surface area contributed by atoms with Crippen LogP contribution >= 0.6 is 27.7 Å². The van der Waals surface area contributed by atoms with Crippen molar-refractivity contribution in [3.05, 3.63) is 34.1 Å². The van der Waals surface area contributed by atoms with Gasteiger partial charge < -0.3 is 0 Å². The summed E-state index contributed by atoms with van der Waals surface area (Å²) in [7, 11) is 0. The van der Waals surface area contributed by atoms with Crippen LogP contribution < -0.4 is 0 Å². The van der Waals surface area contributed by atoms with E-state index in [4.69, 9.17) is 5.26 Å². The molecule has 1 N–H and O–H groups in total. The van der Waals surface area contributed by atoms with Gasteiger partial charge in [0.05, 0.1) is 11.6 Å². The Labute approximate surface area is 105 Å². The first kappa shape index (κ1) is 11.2. The minimum atomic E-state index is 0.627. The molecule has 1 aromatic heterocycles. The molecule has 2 rings (SSSR count). The van der Waals surface area contributed by atoms with Crippen LogP contribution in [-0.2, 0) is 0 Å². The molecule has 0 unspecified atom stereocenters. The molecule has 0 saturated carbocycles. The van der Waals surface area contributed by atoms with Crippen LogP contribution in [0.15, 0.2) is 32.7 Å². The Kier molecular flexibility index (Phi) is 3.27. The number of halogens is 1. The molecule has 6 heteroatoms. The molecule has 0 spiro atoms. The fourth-order valence-corrected chi connectivity index (χ4v) is 2.50. The molecule has 0 fully saturated rings. The molecule has 0 aliphatic heterocycles. The van der Waals surface area contributed by atoms with Crippen molar-refractivity contribution < 1.29 is 0 Å². The summed E-state index contributed by atoms with van der Waals surface area (Å²) in [4.78, 5) is 5.18. The quantitative estimate of drug-likeness (QED) is 0.925. The highest BCUT2D eigenvalue weighted by atomic mass is 79.9. The third-order valence-corrected chi connectivity index (χ3v) is 3.70. The number of nitrogens with zero attached hydrogens (tertiary/aromatic N) is 3. The van der Waals surface area contributed by atoms with E-state index < -0.39 is 0 Å². The third-order valence-electron chi connectivity index (χ3n) is 1.84. The molecule has 80 valence electrons. The molecule has 0 amide bonds. The smallest absolute Gasteiger partial charge is 0.213 e. The zero-order chi connectivity index (χ0) is 11.5. The lowest BCUT2D eigenvalue weighted by molar-refractivity contribution is 0.969. The number of aromatic nitrogens is 3. The summed E-state index contributed by atoms with van der Waals surface area (Å²) in [5.41, 5.74) is 0.627. The van der Waals surface area contributed by atoms with Crippen LogP contribution in [0.4, 0.5) is 0 Å². The van der Waals surface area contributed by atoms with Crippen molar-refractivity contribution in [2.75, 3.05) is 0 Å². The van der Waals surface area contributed by atoms with Gasteiger partial charge in [-0.25, -0.2) is 4.98 Å². The Morgan fingerprint density at radius 1 is 1.50 bits per heavy atom. The van der Waals surface area contributed by atoms with Crippen LogP contribution in [0.5, 0.6) is 0 Å². The minimum Gasteiger partial charge on any atom is -0.262 e. The third kappa shape index (κ3) is 2.43. The minimum absolute atomic E-state index is 0.627. The number of hydrogen-bond acceptors (Lipinski definition) is 4. The second-order valence-corrected chi connectivity index (χ2v) is 4.93. The fraction of sp³-hybridized carbons (Fsp3) is 0.100. The van der Waals surface area contributed by atoms with Crippen LogP contribution in [0.2, 0.25) is 0 Å². The second-order valence-electron chi connectivity index (χ2n) is 3.06. The van der Waals surface area contributed by atoms with Crippen LogP contribution in [0.1, 0.15) is 11.4 Å². The van der Waals surface area contributed by atoms with Gasteiger partial charge in [-0.05, 0) is 52.8 Å². The molecule has 1 heterocycles. The van der Waals surface area contributed by atoms with Gasteiger partial charge in [-0.3, -0.25) is 5.10 Å². The Balaban J connectivity index is 2.26. The zero-order valence-electron chi connectivity index (χ0n) is 8.36. The van der Waals surface area contributed by atoms with E-state index in [0.29, 0.717) is 10.7 Å². The SMILES string of the molecule is Cc1nc(Sc2ccc(C#N)cc2Br)n[nH]1. The van der Waals surface area contributed by atoms with E-state index in [2.05, 4.69) is 37.2 Å². The first-order chi connectivity index (χ1) is 7.69. The number of nitrogens with one attached hydrogen (secondary N) is 1. The van der Waals surface area contributed by atoms with Gasteiger partial charge in [-0.1, -0.05) is 0 Å². The summed E-state index contributed by atoms with van der Waals surface area (Å²) in [5, 5.41) is 16.2. The molecule has 16 heavy (non-hydrogen) atoms. The van der Waals surface area contributed by atoms with Gasteiger partial charge in [-0.2, -0.15) is 5.26 Å². The Bertz CT molecular complexity index is 558. The van der Waals surface area contributed by atoms with E-state index in [-0.39, 0.29) is 0 Å². The highest BCUT2D eigenvalue weighted by Gasteiger charge is 2.07. The normalized spacial score (nSPS) is 10.1. The Morgan fingerprint density at radius 3 is 2.88 bits per heavy atom. The molecule has 0 radical (unpaired) electrons. The molecule has 0 bridgehead atoms. The predicted octanol–water partition coefficient (Wildman–Crippen LogP) is 2.90. The largest absolute Gasteiger partial charge is 0.262 e. The van der Waals surface area contributed by atoms with Gasteiger partial charge in [0.25, 0.3) is 0 Å². The number of aromatic amines is 1. The van der Waals surface area contributed by atoms with E-state index in [1.807, 2.05) is 13.0 Å². The summed E-state index contributed by atoms with van der Waals surface area (Å²) in [6.07, 6.45) is 0. The fourth-order valence-electron chi connectivity index (χ4n) is 1.12. The topological polar surface area (TPSA) is 65.4 Å². The van der Waals surface area contributed by atoms with Crippen molar-refractivity contribution >= 4 is 27.7 Å². The first-order valence-corrected chi connectivity index (χ1v) is 6.06. The summed E-state index contributed by atoms with van der Waals surface area (Å²) in [6.45, 7) is 1.85. The molecular weight excluding hydrogens is 288 g/mol. The predicted molar refractivity (Wildman–Crippen MR) is 64.1 cm³/mol. The summed E-state index contributed by atoms with van der Waals surface area (Å²) in [5.74, 6) is 0.785. The first-order valence-electron chi connectivity index (χ1n) is 4.45. The average molecular weight is 295 g/mol. The van der Waals surface area contributed by atoms with Crippen molar-refractivity contribution in [2.24, 2.45) is 0 Å². The summed E-state index contributed by atoms with van der Waals surface area (Å²) in [6, 6.07) is 7.51. The van der Waals surface area contributed by atoms with Gasteiger partial charge in [0.2, 0.25) is 5.16 Å². The summed E-state index contributed by atoms with van der Waals surface area (Å²) < 4.78 is 0.874. The standard InChI is InChI=1S/C10H7BrN4S/c1-6-13-10(15-14-6)16-9-3-2-7(5-12)4-8(9)11/h2-4H,1H3,(H,13,14,15). The molecule has 1 aromatic carbocycles. The molecule has 0 atom stereocenters. The van der Waals surface area contributed by atoms with Gasteiger partial charge in [0, 0.05) is 9.37 Å². The second kappa shape index (κ2) is 4.68. The Hall–Kier alpha value is -1.32. The lowest BCUT2D eigenvalue weighted by atomic mass is 10.2. The lowest BCUT2D eigenvalue weighted by Gasteiger charge is -2.00. The number of aryl methyl sites for hydroxylation is 1. The zero-order valence-corrected chi connectivity index (χ0v) is 10.8. The maximum absolute atomic E-state index is 8.74. The molecule has 0 saturated heterocycles. The van der Waals surface area contributed by atoms with E-state index in [9.17, 15) is 0 Å². The monoisotopic (exact) mass is 294 g/mol. The van der Waals surface area contributed by atoms with Crippen molar-refractivity contribution in [3.8, 4) is 6.07 Å². The van der Waals surface area contributed by atoms with Crippen LogP contribution in [0.3, 0.4) is 0 Å². The van der Waals surface area contributed by atoms with E-state index in [1.54, 1.807) is 12.1 Å². The highest BCUT2D eigenvalue weighted by molar-refractivity contribution is 9.10. The Morgan fingerprint density at radius 2 is 2.31 bits per heavy atom. The van der Waals surface area contributed by atoms with Gasteiger partial charge in [0.1, 0.15) is 5.82 Å². The van der Waals surface area contributed by atoms with Crippen molar-refractivity contribution in [1.82, 2.24) is 15.2 Å². The van der Waals surface area contributed by atoms with Gasteiger partial charge in [-0.15, -0.1) is 5.10 Å². The molecule has 2 aromatic rings. The number of benzene rings is 1. The van der Waals surface area contributed by atoms with E-state index in [1.165, 1.54) is 11.8 Å². The van der Waals surface area contributed by atoms with E-state index >= 15 is 0 Å². The summed E-state index contributed by atoms with van der Waals surface area (Å²) >= 11 is 4.86. The lowest BCUT2D eigenvalue weighted by Crippen LogP contribution is -1.81. The van der Waals surface area contributed by atoms with Crippen LogP contribution in [0.25, 0.3) is 0 Å². The molecule has 0 aliphatic rings. The number of hydrogen-bond donors (Lipinski definition) is 1.